The Morgan fingerprint density at radius 1 is 1.14 bits per heavy atom. The summed E-state index contributed by atoms with van der Waals surface area (Å²) < 4.78 is 28.6. The number of methoxy groups -OCH3 is 1. The summed E-state index contributed by atoms with van der Waals surface area (Å²) in [5.41, 5.74) is 1.87. The number of H-pyrrole nitrogens is 1. The van der Waals surface area contributed by atoms with Gasteiger partial charge in [0, 0.05) is 16.8 Å². The van der Waals surface area contributed by atoms with Gasteiger partial charge in [-0.15, -0.1) is 0 Å². The Bertz CT molecular complexity index is 1200. The molecule has 0 spiro atoms. The third-order valence-corrected chi connectivity index (χ3v) is 5.05. The number of aromatic nitrogens is 2. The lowest BCUT2D eigenvalue weighted by Gasteiger charge is -2.07. The summed E-state index contributed by atoms with van der Waals surface area (Å²) in [5, 5.41) is 14.6. The third-order valence-electron chi connectivity index (χ3n) is 4.12. The lowest BCUT2D eigenvalue weighted by Crippen LogP contribution is -2.13. The van der Waals surface area contributed by atoms with Gasteiger partial charge in [-0.2, -0.15) is 5.10 Å². The number of sulfonamides is 1. The molecule has 4 N–H and O–H groups in total. The second kappa shape index (κ2) is 7.86. The van der Waals surface area contributed by atoms with Crippen molar-refractivity contribution in [1.29, 1.82) is 0 Å². The minimum Gasteiger partial charge on any atom is -0.495 e. The van der Waals surface area contributed by atoms with E-state index in [-0.39, 0.29) is 22.1 Å². The van der Waals surface area contributed by atoms with Gasteiger partial charge >= 0.3 is 0 Å². The smallest absolute Gasteiger partial charge is 0.273 e. The summed E-state index contributed by atoms with van der Waals surface area (Å²) >= 11 is 0. The number of rotatable bonds is 6. The van der Waals surface area contributed by atoms with E-state index in [1.165, 1.54) is 32.2 Å². The SMILES string of the molecule is COc1ccc(-c2cc(C(=O)Nc3cccc(C(C)=O)c3)[nH]n2)cc1S(N)(=O)=O. The molecule has 0 unspecified atom stereocenters. The molecule has 1 amide bonds. The Labute approximate surface area is 166 Å². The molecule has 0 aliphatic carbocycles. The number of carbonyl (C=O) groups excluding carboxylic acids is 2. The van der Waals surface area contributed by atoms with Crippen LogP contribution < -0.4 is 15.2 Å². The average molecular weight is 414 g/mol. The van der Waals surface area contributed by atoms with Crippen molar-refractivity contribution >= 4 is 27.4 Å². The van der Waals surface area contributed by atoms with Crippen LogP contribution in [-0.2, 0) is 10.0 Å². The van der Waals surface area contributed by atoms with Gasteiger partial charge in [0.15, 0.2) is 5.78 Å². The number of nitrogens with zero attached hydrogens (tertiary/aromatic N) is 1. The molecule has 0 bridgehead atoms. The molecule has 10 heteroatoms. The number of aromatic amines is 1. The molecule has 9 nitrogen and oxygen atoms in total. The number of anilines is 1. The summed E-state index contributed by atoms with van der Waals surface area (Å²) in [6, 6.07) is 12.4. The predicted molar refractivity (Wildman–Crippen MR) is 106 cm³/mol. The molecular weight excluding hydrogens is 396 g/mol. The van der Waals surface area contributed by atoms with E-state index in [1.807, 2.05) is 0 Å². The van der Waals surface area contributed by atoms with Crippen LogP contribution in [0.5, 0.6) is 5.75 Å². The Balaban J connectivity index is 1.86. The van der Waals surface area contributed by atoms with Crippen LogP contribution >= 0.6 is 0 Å². The monoisotopic (exact) mass is 414 g/mol. The molecule has 150 valence electrons. The summed E-state index contributed by atoms with van der Waals surface area (Å²) in [7, 11) is -2.67. The largest absolute Gasteiger partial charge is 0.495 e. The highest BCUT2D eigenvalue weighted by molar-refractivity contribution is 7.89. The fourth-order valence-electron chi connectivity index (χ4n) is 2.66. The Kier molecular flexibility index (Phi) is 5.48. The van der Waals surface area contributed by atoms with Gasteiger partial charge in [-0.05, 0) is 43.3 Å². The summed E-state index contributed by atoms with van der Waals surface area (Å²) in [6.07, 6.45) is 0. The fraction of sp³-hybridized carbons (Fsp3) is 0.105. The lowest BCUT2D eigenvalue weighted by molar-refractivity contribution is 0.100. The van der Waals surface area contributed by atoms with Gasteiger partial charge in [0.25, 0.3) is 5.91 Å². The number of amides is 1. The molecule has 0 atom stereocenters. The van der Waals surface area contributed by atoms with Gasteiger partial charge in [0.1, 0.15) is 16.3 Å². The van der Waals surface area contributed by atoms with Crippen molar-refractivity contribution in [1.82, 2.24) is 10.2 Å². The molecular formula is C19H18N4O5S. The van der Waals surface area contributed by atoms with E-state index >= 15 is 0 Å². The summed E-state index contributed by atoms with van der Waals surface area (Å²) in [5.74, 6) is -0.477. The van der Waals surface area contributed by atoms with Gasteiger partial charge in [-0.1, -0.05) is 12.1 Å². The van der Waals surface area contributed by atoms with Crippen molar-refractivity contribution in [3.05, 3.63) is 59.8 Å². The van der Waals surface area contributed by atoms with Crippen molar-refractivity contribution in [2.24, 2.45) is 5.14 Å². The molecule has 0 radical (unpaired) electrons. The standard InChI is InChI=1S/C19H18N4O5S/c1-11(24)12-4-3-5-14(8-12)21-19(25)16-10-15(22-23-16)13-6-7-17(28-2)18(9-13)29(20,26)27/h3-10H,1-2H3,(H,21,25)(H,22,23)(H2,20,26,27). The third kappa shape index (κ3) is 4.50. The Morgan fingerprint density at radius 2 is 1.90 bits per heavy atom. The molecule has 0 aliphatic heterocycles. The number of Topliss-reactive ketones (excluding diaryl/α,β-unsaturated/α-hetero) is 1. The molecule has 0 fully saturated rings. The maximum absolute atomic E-state index is 12.5. The van der Waals surface area contributed by atoms with Crippen LogP contribution in [0.25, 0.3) is 11.3 Å². The Morgan fingerprint density at radius 3 is 2.55 bits per heavy atom. The summed E-state index contributed by atoms with van der Waals surface area (Å²) in [6.45, 7) is 1.44. The predicted octanol–water partition coefficient (Wildman–Crippen LogP) is 2.19. The Hall–Kier alpha value is -3.50. The second-order valence-corrected chi connectivity index (χ2v) is 7.70. The number of carbonyl (C=O) groups is 2. The van der Waals surface area contributed by atoms with Crippen LogP contribution in [0.15, 0.2) is 53.4 Å². The second-order valence-electron chi connectivity index (χ2n) is 6.17. The average Bonchev–Trinajstić information content (AvgIpc) is 3.17. The van der Waals surface area contributed by atoms with Crippen molar-refractivity contribution in [2.45, 2.75) is 11.8 Å². The normalized spacial score (nSPS) is 11.1. The maximum Gasteiger partial charge on any atom is 0.273 e. The van der Waals surface area contributed by atoms with E-state index in [1.54, 1.807) is 30.3 Å². The molecule has 1 heterocycles. The first-order valence-corrected chi connectivity index (χ1v) is 9.92. The molecule has 29 heavy (non-hydrogen) atoms. The van der Waals surface area contributed by atoms with Crippen molar-refractivity contribution in [2.75, 3.05) is 12.4 Å². The first kappa shape index (κ1) is 20.2. The first-order valence-electron chi connectivity index (χ1n) is 8.38. The van der Waals surface area contributed by atoms with Crippen LogP contribution in [0.1, 0.15) is 27.8 Å². The molecule has 1 aromatic heterocycles. The van der Waals surface area contributed by atoms with Gasteiger partial charge < -0.3 is 10.1 Å². The highest BCUT2D eigenvalue weighted by Crippen LogP contribution is 2.28. The van der Waals surface area contributed by atoms with E-state index in [4.69, 9.17) is 9.88 Å². The number of ketones is 1. The number of hydrogen-bond acceptors (Lipinski definition) is 6. The molecule has 0 saturated heterocycles. The van der Waals surface area contributed by atoms with Crippen LogP contribution in [0.2, 0.25) is 0 Å². The molecule has 2 aromatic carbocycles. The lowest BCUT2D eigenvalue weighted by atomic mass is 10.1. The topological polar surface area (TPSA) is 144 Å². The van der Waals surface area contributed by atoms with E-state index < -0.39 is 15.9 Å². The van der Waals surface area contributed by atoms with Crippen molar-refractivity contribution < 1.29 is 22.7 Å². The highest BCUT2D eigenvalue weighted by atomic mass is 32.2. The fourth-order valence-corrected chi connectivity index (χ4v) is 3.38. The first-order chi connectivity index (χ1) is 13.7. The van der Waals surface area contributed by atoms with Gasteiger partial charge in [0.2, 0.25) is 10.0 Å². The molecule has 0 aliphatic rings. The van der Waals surface area contributed by atoms with Crippen LogP contribution in [-0.4, -0.2) is 37.4 Å². The van der Waals surface area contributed by atoms with Crippen LogP contribution in [0.3, 0.4) is 0 Å². The van der Waals surface area contributed by atoms with Gasteiger partial charge in [-0.25, -0.2) is 13.6 Å². The quantitative estimate of drug-likeness (QED) is 0.527. The zero-order valence-corrected chi connectivity index (χ0v) is 16.4. The molecule has 3 rings (SSSR count). The number of benzene rings is 2. The number of nitrogens with one attached hydrogen (secondary N) is 2. The van der Waals surface area contributed by atoms with E-state index in [0.29, 0.717) is 22.5 Å². The summed E-state index contributed by atoms with van der Waals surface area (Å²) in [4.78, 5) is 23.7. The van der Waals surface area contributed by atoms with Gasteiger partial charge in [0.05, 0.1) is 12.8 Å². The maximum atomic E-state index is 12.5. The van der Waals surface area contributed by atoms with Crippen molar-refractivity contribution in [3.63, 3.8) is 0 Å². The number of primary sulfonamides is 1. The molecule has 0 saturated carbocycles. The van der Waals surface area contributed by atoms with Crippen LogP contribution in [0.4, 0.5) is 5.69 Å². The zero-order valence-electron chi connectivity index (χ0n) is 15.6. The number of nitrogens with two attached hydrogens (primary N) is 1. The minimum atomic E-state index is -4.01. The zero-order chi connectivity index (χ0) is 21.2. The molecule has 3 aromatic rings. The number of hydrogen-bond donors (Lipinski definition) is 3. The van der Waals surface area contributed by atoms with E-state index in [9.17, 15) is 18.0 Å². The van der Waals surface area contributed by atoms with E-state index in [0.717, 1.165) is 0 Å². The van der Waals surface area contributed by atoms with Crippen molar-refractivity contribution in [3.8, 4) is 17.0 Å². The van der Waals surface area contributed by atoms with Gasteiger partial charge in [-0.3, -0.25) is 14.7 Å². The van der Waals surface area contributed by atoms with E-state index in [2.05, 4.69) is 15.5 Å². The minimum absolute atomic E-state index is 0.107. The highest BCUT2D eigenvalue weighted by Gasteiger charge is 2.18. The number of ether oxygens (including phenoxy) is 1. The van der Waals surface area contributed by atoms with Crippen LogP contribution in [0, 0.1) is 0 Å².